The maximum Gasteiger partial charge on any atom is 0.341 e. The molecule has 1 saturated carbocycles. The summed E-state index contributed by atoms with van der Waals surface area (Å²) in [6.07, 6.45) is 3.92. The van der Waals surface area contributed by atoms with Gasteiger partial charge in [-0.25, -0.2) is 9.18 Å². The van der Waals surface area contributed by atoms with Gasteiger partial charge < -0.3 is 19.3 Å². The van der Waals surface area contributed by atoms with Gasteiger partial charge in [0.2, 0.25) is 5.43 Å². The van der Waals surface area contributed by atoms with E-state index in [2.05, 4.69) is 22.4 Å². The predicted molar refractivity (Wildman–Crippen MR) is 151 cm³/mol. The number of piperazine rings is 1. The molecule has 3 aromatic rings. The van der Waals surface area contributed by atoms with Gasteiger partial charge in [-0.1, -0.05) is 18.2 Å². The van der Waals surface area contributed by atoms with Crippen molar-refractivity contribution >= 4 is 34.0 Å². The quantitative estimate of drug-likeness (QED) is 0.306. The largest absolute Gasteiger partial charge is 0.492 e. The van der Waals surface area contributed by atoms with Gasteiger partial charge in [0.05, 0.1) is 23.7 Å². The van der Waals surface area contributed by atoms with E-state index < -0.39 is 17.2 Å². The molecular formula is C29H34FN5O4. The van der Waals surface area contributed by atoms with Crippen molar-refractivity contribution in [2.24, 2.45) is 5.10 Å². The number of aromatic nitrogens is 1. The van der Waals surface area contributed by atoms with Crippen molar-refractivity contribution in [1.82, 2.24) is 9.47 Å². The molecule has 1 saturated heterocycles. The Kier molecular flexibility index (Phi) is 7.56. The number of pyridine rings is 1. The Labute approximate surface area is 226 Å². The number of methoxy groups -OCH3 is 1. The second kappa shape index (κ2) is 11.1. The number of anilines is 2. The second-order valence-corrected chi connectivity index (χ2v) is 10.4. The zero-order chi connectivity index (χ0) is 27.7. The Balaban J connectivity index is 1.36. The van der Waals surface area contributed by atoms with Crippen LogP contribution >= 0.6 is 0 Å². The standard InChI is InChI=1S/C29H34FN5O4/c1-18(31-32-20-7-5-4-6-8-20)11-12-33-13-14-34(16-19(33)2)26-24(30)15-22-25(28(26)39-3)35(21-9-10-21)17-23(27(22)36)29(37)38/h4-8,15,17,19,21,32H,9-14,16H2,1-3H3,(H,37,38)/b31-18+. The summed E-state index contributed by atoms with van der Waals surface area (Å²) in [6, 6.07) is 11.2. The van der Waals surface area contributed by atoms with Crippen LogP contribution in [0.5, 0.6) is 5.75 Å². The average Bonchev–Trinajstić information content (AvgIpc) is 3.77. The van der Waals surface area contributed by atoms with E-state index in [9.17, 15) is 14.7 Å². The average molecular weight is 536 g/mol. The van der Waals surface area contributed by atoms with Crippen LogP contribution in [0, 0.1) is 5.82 Å². The molecule has 9 nitrogen and oxygen atoms in total. The number of fused-ring (bicyclic) bond motifs is 1. The van der Waals surface area contributed by atoms with Gasteiger partial charge in [-0.2, -0.15) is 5.10 Å². The number of halogens is 1. The molecular weight excluding hydrogens is 501 g/mol. The van der Waals surface area contributed by atoms with Gasteiger partial charge in [0.15, 0.2) is 11.6 Å². The molecule has 0 radical (unpaired) electrons. The summed E-state index contributed by atoms with van der Waals surface area (Å²) >= 11 is 0. The number of carboxylic acid groups (broad SMARTS) is 1. The third-order valence-corrected chi connectivity index (χ3v) is 7.56. The van der Waals surface area contributed by atoms with Crippen molar-refractivity contribution in [2.45, 2.75) is 45.2 Å². The highest BCUT2D eigenvalue weighted by molar-refractivity contribution is 5.97. The molecule has 5 rings (SSSR count). The molecule has 1 aliphatic heterocycles. The zero-order valence-electron chi connectivity index (χ0n) is 22.5. The molecule has 0 bridgehead atoms. The Morgan fingerprint density at radius 2 is 1.97 bits per heavy atom. The molecule has 1 unspecified atom stereocenters. The summed E-state index contributed by atoms with van der Waals surface area (Å²) in [5.41, 5.74) is 4.74. The fraction of sp³-hybridized carbons (Fsp3) is 0.414. The highest BCUT2D eigenvalue weighted by Gasteiger charge is 2.33. The molecule has 2 heterocycles. The number of carboxylic acids is 1. The molecule has 10 heteroatoms. The molecule has 206 valence electrons. The Morgan fingerprint density at radius 1 is 1.23 bits per heavy atom. The minimum atomic E-state index is -1.32. The van der Waals surface area contributed by atoms with Crippen molar-refractivity contribution in [3.8, 4) is 5.75 Å². The summed E-state index contributed by atoms with van der Waals surface area (Å²) in [5, 5.41) is 14.1. The van der Waals surface area contributed by atoms with E-state index in [0.29, 0.717) is 24.3 Å². The molecule has 0 spiro atoms. The summed E-state index contributed by atoms with van der Waals surface area (Å²) in [5.74, 6) is -1.63. The number of hydrogen-bond acceptors (Lipinski definition) is 7. The van der Waals surface area contributed by atoms with Crippen LogP contribution in [-0.2, 0) is 0 Å². The first-order chi connectivity index (χ1) is 18.8. The molecule has 1 aromatic heterocycles. The van der Waals surface area contributed by atoms with Crippen LogP contribution in [-0.4, -0.2) is 65.6 Å². The lowest BCUT2D eigenvalue weighted by molar-refractivity contribution is 0.0694. The minimum absolute atomic E-state index is 0.0328. The number of nitrogens with zero attached hydrogens (tertiary/aromatic N) is 4. The molecule has 39 heavy (non-hydrogen) atoms. The SMILES string of the molecule is COc1c(N2CCN(CC/C(C)=N/Nc3ccccc3)C(C)C2)c(F)cc2c(=O)c(C(=O)O)cn(C3CC3)c12. The molecule has 1 aliphatic carbocycles. The number of carbonyl (C=O) groups is 1. The van der Waals surface area contributed by atoms with Gasteiger partial charge in [-0.15, -0.1) is 0 Å². The maximum absolute atomic E-state index is 15.7. The van der Waals surface area contributed by atoms with E-state index in [-0.39, 0.29) is 28.8 Å². The summed E-state index contributed by atoms with van der Waals surface area (Å²) in [4.78, 5) is 29.0. The molecule has 2 fully saturated rings. The highest BCUT2D eigenvalue weighted by atomic mass is 19.1. The normalized spacial score (nSPS) is 18.4. The van der Waals surface area contributed by atoms with Crippen LogP contribution in [0.4, 0.5) is 15.8 Å². The minimum Gasteiger partial charge on any atom is -0.492 e. The Bertz CT molecular complexity index is 1470. The number of rotatable bonds is 9. The number of nitrogens with one attached hydrogen (secondary N) is 1. The van der Waals surface area contributed by atoms with E-state index in [1.54, 1.807) is 4.57 Å². The lowest BCUT2D eigenvalue weighted by Crippen LogP contribution is -2.52. The summed E-state index contributed by atoms with van der Waals surface area (Å²) in [6.45, 7) is 6.85. The molecule has 2 N–H and O–H groups in total. The van der Waals surface area contributed by atoms with E-state index in [1.807, 2.05) is 42.2 Å². The topological polar surface area (TPSA) is 99.4 Å². The number of para-hydroxylation sites is 1. The van der Waals surface area contributed by atoms with Crippen LogP contribution in [0.15, 0.2) is 52.5 Å². The first-order valence-electron chi connectivity index (χ1n) is 13.3. The Hall–Kier alpha value is -3.92. The molecule has 1 atom stereocenters. The molecule has 2 aromatic carbocycles. The van der Waals surface area contributed by atoms with E-state index in [1.165, 1.54) is 19.4 Å². The van der Waals surface area contributed by atoms with Gasteiger partial charge in [0, 0.05) is 50.2 Å². The van der Waals surface area contributed by atoms with Crippen molar-refractivity contribution in [3.63, 3.8) is 0 Å². The van der Waals surface area contributed by atoms with Crippen molar-refractivity contribution < 1.29 is 19.0 Å². The molecule has 0 amide bonds. The van der Waals surface area contributed by atoms with Crippen LogP contribution in [0.25, 0.3) is 10.9 Å². The number of hydrazone groups is 1. The van der Waals surface area contributed by atoms with Crippen LogP contribution in [0.1, 0.15) is 49.5 Å². The third kappa shape index (κ3) is 5.47. The number of aromatic carboxylic acids is 1. The predicted octanol–water partition coefficient (Wildman–Crippen LogP) is 4.57. The van der Waals surface area contributed by atoms with Gasteiger partial charge >= 0.3 is 5.97 Å². The lowest BCUT2D eigenvalue weighted by Gasteiger charge is -2.41. The van der Waals surface area contributed by atoms with Gasteiger partial charge in [0.1, 0.15) is 11.3 Å². The van der Waals surface area contributed by atoms with Crippen LogP contribution < -0.4 is 20.5 Å². The molecule has 2 aliphatic rings. The number of ether oxygens (including phenoxy) is 1. The second-order valence-electron chi connectivity index (χ2n) is 10.4. The monoisotopic (exact) mass is 535 g/mol. The summed E-state index contributed by atoms with van der Waals surface area (Å²) < 4.78 is 23.2. The smallest absolute Gasteiger partial charge is 0.341 e. The fourth-order valence-electron chi connectivity index (χ4n) is 5.29. The van der Waals surface area contributed by atoms with Crippen molar-refractivity contribution in [1.29, 1.82) is 0 Å². The van der Waals surface area contributed by atoms with Crippen molar-refractivity contribution in [3.05, 3.63) is 64.2 Å². The fourth-order valence-corrected chi connectivity index (χ4v) is 5.29. The van der Waals surface area contributed by atoms with Gasteiger partial charge in [-0.3, -0.25) is 15.1 Å². The summed E-state index contributed by atoms with van der Waals surface area (Å²) in [7, 11) is 1.47. The van der Waals surface area contributed by atoms with Gasteiger partial charge in [-0.05, 0) is 51.3 Å². The van der Waals surface area contributed by atoms with Crippen molar-refractivity contribution in [2.75, 3.05) is 43.6 Å². The van der Waals surface area contributed by atoms with Crippen LogP contribution in [0.3, 0.4) is 0 Å². The maximum atomic E-state index is 15.7. The first kappa shape index (κ1) is 26.7. The highest BCUT2D eigenvalue weighted by Crippen LogP contribution is 2.44. The lowest BCUT2D eigenvalue weighted by atomic mass is 10.1. The van der Waals surface area contributed by atoms with E-state index in [4.69, 9.17) is 4.74 Å². The first-order valence-corrected chi connectivity index (χ1v) is 13.3. The third-order valence-electron chi connectivity index (χ3n) is 7.56. The van der Waals surface area contributed by atoms with Gasteiger partial charge in [0.25, 0.3) is 0 Å². The Morgan fingerprint density at radius 3 is 2.62 bits per heavy atom. The zero-order valence-corrected chi connectivity index (χ0v) is 22.5. The van der Waals surface area contributed by atoms with E-state index >= 15 is 4.39 Å². The number of hydrogen-bond donors (Lipinski definition) is 2. The van der Waals surface area contributed by atoms with E-state index in [0.717, 1.165) is 43.8 Å². The van der Waals surface area contributed by atoms with Crippen LogP contribution in [0.2, 0.25) is 0 Å². The number of benzene rings is 2.